The molecule has 7 rings (SSSR count). The van der Waals surface area contributed by atoms with E-state index in [0.29, 0.717) is 5.82 Å². The summed E-state index contributed by atoms with van der Waals surface area (Å²) in [6.07, 6.45) is 3.03. The molecule has 0 bridgehead atoms. The molecule has 0 spiro atoms. The Morgan fingerprint density at radius 2 is 1.38 bits per heavy atom. The second-order valence-electron chi connectivity index (χ2n) is 7.83. The first-order chi connectivity index (χ1) is 15.9. The predicted octanol–water partition coefficient (Wildman–Crippen LogP) is 6.54. The van der Waals surface area contributed by atoms with Crippen molar-refractivity contribution in [1.29, 1.82) is 0 Å². The van der Waals surface area contributed by atoms with E-state index in [0.717, 1.165) is 38.7 Å². The van der Waals surface area contributed by atoms with Gasteiger partial charge in [-0.1, -0.05) is 36.4 Å². The lowest BCUT2D eigenvalue weighted by atomic mass is 10.1. The molecule has 32 heavy (non-hydrogen) atoms. The van der Waals surface area contributed by atoms with E-state index >= 15 is 0 Å². The van der Waals surface area contributed by atoms with Crippen LogP contribution in [0.5, 0.6) is 0 Å². The summed E-state index contributed by atoms with van der Waals surface area (Å²) in [6.45, 7) is 0. The predicted molar refractivity (Wildman–Crippen MR) is 127 cm³/mol. The molecule has 7 aromatic rings. The van der Waals surface area contributed by atoms with Gasteiger partial charge in [0.1, 0.15) is 23.8 Å². The summed E-state index contributed by atoms with van der Waals surface area (Å²) >= 11 is 0. The maximum atomic E-state index is 6.27. The van der Waals surface area contributed by atoms with Crippen LogP contribution < -0.4 is 0 Å². The van der Waals surface area contributed by atoms with E-state index < -0.39 is 0 Å². The van der Waals surface area contributed by atoms with Crippen molar-refractivity contribution in [3.05, 3.63) is 97.6 Å². The van der Waals surface area contributed by atoms with Crippen molar-refractivity contribution in [3.63, 3.8) is 0 Å². The third-order valence-corrected chi connectivity index (χ3v) is 6.03. The largest absolute Gasteiger partial charge is 0.456 e. The van der Waals surface area contributed by atoms with Gasteiger partial charge in [0.2, 0.25) is 0 Å². The van der Waals surface area contributed by atoms with E-state index in [1.165, 1.54) is 28.9 Å². The first kappa shape index (κ1) is 17.2. The van der Waals surface area contributed by atoms with Crippen LogP contribution in [-0.2, 0) is 0 Å². The average Bonchev–Trinajstić information content (AvgIpc) is 3.38. The molecule has 0 aliphatic carbocycles. The fourth-order valence-electron chi connectivity index (χ4n) is 4.62. The number of rotatable bonds is 2. The molecule has 0 unspecified atom stereocenters. The van der Waals surface area contributed by atoms with Crippen LogP contribution in [0.2, 0.25) is 0 Å². The summed E-state index contributed by atoms with van der Waals surface area (Å²) in [5.41, 5.74) is 6.08. The summed E-state index contributed by atoms with van der Waals surface area (Å²) < 4.78 is 8.57. The second kappa shape index (κ2) is 6.49. The quantitative estimate of drug-likeness (QED) is 0.324. The summed E-state index contributed by atoms with van der Waals surface area (Å²) in [4.78, 5) is 12.5. The Labute approximate surface area is 182 Å². The lowest BCUT2D eigenvalue weighted by Gasteiger charge is -2.07. The number of benzene rings is 4. The molecule has 3 heterocycles. The Balaban J connectivity index is 1.57. The van der Waals surface area contributed by atoms with Gasteiger partial charge < -0.3 is 8.98 Å². The van der Waals surface area contributed by atoms with E-state index in [9.17, 15) is 0 Å². The highest BCUT2D eigenvalue weighted by Gasteiger charge is 2.16. The molecule has 0 amide bonds. The third-order valence-electron chi connectivity index (χ3n) is 6.03. The molecule has 3 aromatic heterocycles. The normalized spacial score (nSPS) is 11.8. The average molecular weight is 412 g/mol. The zero-order chi connectivity index (χ0) is 21.1. The monoisotopic (exact) mass is 412 g/mol. The molecule has 4 aromatic carbocycles. The minimum Gasteiger partial charge on any atom is -0.456 e. The highest BCUT2D eigenvalue weighted by molar-refractivity contribution is 6.17. The zero-order valence-corrected chi connectivity index (χ0v) is 16.9. The van der Waals surface area contributed by atoms with Gasteiger partial charge in [-0.3, -0.25) is 0 Å². The van der Waals surface area contributed by atoms with Gasteiger partial charge in [-0.25, -0.2) is 15.0 Å². The summed E-state index contributed by atoms with van der Waals surface area (Å²) in [5.74, 6) is 0.651. The smallest absolute Gasteiger partial charge is 0.162 e. The van der Waals surface area contributed by atoms with Gasteiger partial charge in [0.25, 0.3) is 0 Å². The van der Waals surface area contributed by atoms with Gasteiger partial charge >= 0.3 is 0 Å². The van der Waals surface area contributed by atoms with Gasteiger partial charge in [-0.2, -0.15) is 0 Å². The minimum absolute atomic E-state index is 0.651. The van der Waals surface area contributed by atoms with Gasteiger partial charge in [0, 0.05) is 38.9 Å². The zero-order valence-electron chi connectivity index (χ0n) is 16.9. The molecule has 0 atom stereocenters. The second-order valence-corrected chi connectivity index (χ2v) is 7.83. The van der Waals surface area contributed by atoms with Crippen molar-refractivity contribution in [2.75, 3.05) is 0 Å². The molecule has 0 aliphatic rings. The molecule has 0 N–H and O–H groups in total. The van der Waals surface area contributed by atoms with E-state index in [1.807, 2.05) is 18.2 Å². The van der Waals surface area contributed by atoms with Crippen LogP contribution in [0.3, 0.4) is 0 Å². The topological polar surface area (TPSA) is 56.7 Å². The number of para-hydroxylation sites is 2. The van der Waals surface area contributed by atoms with Crippen molar-refractivity contribution in [1.82, 2.24) is 19.5 Å². The van der Waals surface area contributed by atoms with Crippen molar-refractivity contribution in [3.8, 4) is 17.1 Å². The standard InChI is InChI=1S/C27H16N4O/c1-2-6-18(7-3-1)31-23-9-5-4-8-19(23)20-13-22-21-12-17(27-29-15-28-16-30-27)10-11-25(21)32-26(22)14-24(20)31/h1-16H. The number of aromatic nitrogens is 4. The Kier molecular flexibility index (Phi) is 3.49. The molecule has 0 fully saturated rings. The van der Waals surface area contributed by atoms with Crippen LogP contribution in [0, 0.1) is 0 Å². The maximum Gasteiger partial charge on any atom is 0.162 e. The van der Waals surface area contributed by atoms with E-state index in [2.05, 4.69) is 86.2 Å². The highest BCUT2D eigenvalue weighted by Crippen LogP contribution is 2.38. The summed E-state index contributed by atoms with van der Waals surface area (Å²) in [7, 11) is 0. The van der Waals surface area contributed by atoms with Gasteiger partial charge in [0.05, 0.1) is 11.0 Å². The van der Waals surface area contributed by atoms with Crippen LogP contribution in [0.4, 0.5) is 0 Å². The van der Waals surface area contributed by atoms with Crippen molar-refractivity contribution in [2.45, 2.75) is 0 Å². The number of fused-ring (bicyclic) bond motifs is 6. The van der Waals surface area contributed by atoms with Crippen LogP contribution in [-0.4, -0.2) is 19.5 Å². The van der Waals surface area contributed by atoms with Crippen LogP contribution in [0.25, 0.3) is 60.8 Å². The molecule has 150 valence electrons. The Bertz CT molecular complexity index is 1770. The molecule has 0 saturated carbocycles. The fraction of sp³-hybridized carbons (Fsp3) is 0. The SMILES string of the molecule is c1ccc(-n2c3ccccc3c3cc4c(cc32)oc2ccc(-c3ncncn3)cc24)cc1. The maximum absolute atomic E-state index is 6.27. The third kappa shape index (κ3) is 2.42. The Hall–Kier alpha value is -4.51. The van der Waals surface area contributed by atoms with E-state index in [4.69, 9.17) is 4.42 Å². The van der Waals surface area contributed by atoms with Crippen molar-refractivity contribution < 1.29 is 4.42 Å². The lowest BCUT2D eigenvalue weighted by molar-refractivity contribution is 0.669. The first-order valence-electron chi connectivity index (χ1n) is 10.4. The highest BCUT2D eigenvalue weighted by atomic mass is 16.3. The van der Waals surface area contributed by atoms with Crippen LogP contribution >= 0.6 is 0 Å². The molecule has 5 heteroatoms. The van der Waals surface area contributed by atoms with Crippen molar-refractivity contribution >= 4 is 43.7 Å². The minimum atomic E-state index is 0.651. The molecule has 0 aliphatic heterocycles. The first-order valence-corrected chi connectivity index (χ1v) is 10.4. The molecular formula is C27H16N4O. The summed E-state index contributed by atoms with van der Waals surface area (Å²) in [6, 6.07) is 29.4. The van der Waals surface area contributed by atoms with Crippen LogP contribution in [0.15, 0.2) is 102 Å². The molecule has 5 nitrogen and oxygen atoms in total. The Morgan fingerprint density at radius 1 is 0.594 bits per heavy atom. The summed E-state index contributed by atoms with van der Waals surface area (Å²) in [5, 5.41) is 4.55. The number of hydrogen-bond acceptors (Lipinski definition) is 4. The Morgan fingerprint density at radius 3 is 2.25 bits per heavy atom. The van der Waals surface area contributed by atoms with E-state index in [-0.39, 0.29) is 0 Å². The number of furan rings is 1. The fourth-order valence-corrected chi connectivity index (χ4v) is 4.62. The van der Waals surface area contributed by atoms with Gasteiger partial charge in [-0.15, -0.1) is 0 Å². The molecule has 0 saturated heterocycles. The number of hydrogen-bond donors (Lipinski definition) is 0. The number of nitrogens with zero attached hydrogens (tertiary/aromatic N) is 4. The molecule has 0 radical (unpaired) electrons. The van der Waals surface area contributed by atoms with Crippen LogP contribution in [0.1, 0.15) is 0 Å². The molecular weight excluding hydrogens is 396 g/mol. The van der Waals surface area contributed by atoms with E-state index in [1.54, 1.807) is 0 Å². The van der Waals surface area contributed by atoms with Crippen molar-refractivity contribution in [2.24, 2.45) is 0 Å². The lowest BCUT2D eigenvalue weighted by Crippen LogP contribution is -1.92. The van der Waals surface area contributed by atoms with Gasteiger partial charge in [-0.05, 0) is 42.5 Å². The van der Waals surface area contributed by atoms with Gasteiger partial charge in [0.15, 0.2) is 5.82 Å².